The molecule has 0 bridgehead atoms. The third-order valence-electron chi connectivity index (χ3n) is 5.41. The van der Waals surface area contributed by atoms with Gasteiger partial charge in [-0.05, 0) is 37.1 Å². The minimum absolute atomic E-state index is 0.224. The van der Waals surface area contributed by atoms with E-state index in [1.165, 1.54) is 22.3 Å². The van der Waals surface area contributed by atoms with Crippen LogP contribution in [0.2, 0.25) is 0 Å². The Morgan fingerprint density at radius 2 is 2.06 bits per heavy atom. The number of hydrogen-bond acceptors (Lipinski definition) is 6. The lowest BCUT2D eigenvalue weighted by Gasteiger charge is -2.05. The fourth-order valence-corrected chi connectivity index (χ4v) is 4.66. The molecule has 0 amide bonds. The number of H-pyrrole nitrogens is 1. The normalized spacial score (nSPS) is 12.0. The molecule has 0 aliphatic heterocycles. The van der Waals surface area contributed by atoms with Gasteiger partial charge in [-0.2, -0.15) is 20.1 Å². The molecule has 7 nitrogen and oxygen atoms in total. The Labute approximate surface area is 196 Å². The Morgan fingerprint density at radius 3 is 2.91 bits per heavy atom. The summed E-state index contributed by atoms with van der Waals surface area (Å²) < 4.78 is 11.0. The maximum absolute atomic E-state index is 5.50. The summed E-state index contributed by atoms with van der Waals surface area (Å²) in [4.78, 5) is 2.70. The highest BCUT2D eigenvalue weighted by atomic mass is 32.1. The van der Waals surface area contributed by atoms with Crippen LogP contribution in [0.4, 0.5) is 0 Å². The molecule has 0 unspecified atom stereocenters. The SMILES string of the molecule is CC(C)OCCOCC#Cc1cc(-c2n[nH]c3c2Cc2ccc(Cn4nccn4)cc2-3)cs1. The second-order valence-corrected chi connectivity index (χ2v) is 9.04. The Kier molecular flexibility index (Phi) is 6.35. The lowest BCUT2D eigenvalue weighted by molar-refractivity contribution is 0.0280. The van der Waals surface area contributed by atoms with Gasteiger partial charge in [-0.25, -0.2) is 0 Å². The first-order chi connectivity index (χ1) is 16.2. The highest BCUT2D eigenvalue weighted by Gasteiger charge is 2.25. The van der Waals surface area contributed by atoms with Crippen molar-refractivity contribution in [2.75, 3.05) is 19.8 Å². The van der Waals surface area contributed by atoms with Crippen LogP contribution in [0.15, 0.2) is 42.0 Å². The Balaban J connectivity index is 1.25. The zero-order valence-corrected chi connectivity index (χ0v) is 19.5. The van der Waals surface area contributed by atoms with Gasteiger partial charge in [0, 0.05) is 28.5 Å². The average Bonchev–Trinajstić information content (AvgIpc) is 3.58. The summed E-state index contributed by atoms with van der Waals surface area (Å²) in [5.41, 5.74) is 8.13. The molecule has 3 aromatic heterocycles. The van der Waals surface area contributed by atoms with Crippen molar-refractivity contribution >= 4 is 11.3 Å². The van der Waals surface area contributed by atoms with Crippen molar-refractivity contribution in [1.29, 1.82) is 0 Å². The van der Waals surface area contributed by atoms with E-state index < -0.39 is 0 Å². The van der Waals surface area contributed by atoms with E-state index in [1.54, 1.807) is 28.5 Å². The number of hydrogen-bond donors (Lipinski definition) is 1. The first-order valence-corrected chi connectivity index (χ1v) is 11.9. The van der Waals surface area contributed by atoms with Gasteiger partial charge < -0.3 is 9.47 Å². The van der Waals surface area contributed by atoms with Gasteiger partial charge in [-0.15, -0.1) is 11.3 Å². The summed E-state index contributed by atoms with van der Waals surface area (Å²) in [6, 6.07) is 8.66. The average molecular weight is 460 g/mol. The quantitative estimate of drug-likeness (QED) is 0.279. The molecule has 0 radical (unpaired) electrons. The van der Waals surface area contributed by atoms with Crippen LogP contribution < -0.4 is 0 Å². The minimum Gasteiger partial charge on any atom is -0.376 e. The molecule has 0 saturated carbocycles. The van der Waals surface area contributed by atoms with Gasteiger partial charge in [0.2, 0.25) is 0 Å². The van der Waals surface area contributed by atoms with Crippen molar-refractivity contribution in [3.63, 3.8) is 0 Å². The van der Waals surface area contributed by atoms with Crippen molar-refractivity contribution in [2.24, 2.45) is 0 Å². The maximum Gasteiger partial charge on any atom is 0.108 e. The van der Waals surface area contributed by atoms with Gasteiger partial charge in [-0.1, -0.05) is 24.0 Å². The predicted octanol–water partition coefficient (Wildman–Crippen LogP) is 4.14. The molecule has 8 heteroatoms. The first kappa shape index (κ1) is 21.6. The van der Waals surface area contributed by atoms with Crippen LogP contribution in [0, 0.1) is 11.8 Å². The Bertz CT molecular complexity index is 1290. The molecule has 1 N–H and O–H groups in total. The molecular weight excluding hydrogens is 434 g/mol. The number of thiophene rings is 1. The number of rotatable bonds is 8. The summed E-state index contributed by atoms with van der Waals surface area (Å²) >= 11 is 1.63. The van der Waals surface area contributed by atoms with E-state index in [2.05, 4.69) is 61.9 Å². The van der Waals surface area contributed by atoms with Gasteiger partial charge in [0.25, 0.3) is 0 Å². The molecule has 33 heavy (non-hydrogen) atoms. The summed E-state index contributed by atoms with van der Waals surface area (Å²) in [7, 11) is 0. The van der Waals surface area contributed by atoms with Gasteiger partial charge in [-0.3, -0.25) is 5.10 Å². The molecular formula is C25H25N5O2S. The number of aromatic nitrogens is 5. The first-order valence-electron chi connectivity index (χ1n) is 11.0. The standard InChI is InChI=1S/C25H25N5O2S/c1-17(2)32-11-10-31-9-3-4-21-13-20(16-33-21)24-23-14-19-6-5-18(15-30-26-7-8-27-30)12-22(19)25(23)29-28-24/h5-8,12-13,16-17H,9-11,14-15H2,1-2H3,(H,28,29). The monoisotopic (exact) mass is 459 g/mol. The number of nitrogens with one attached hydrogen (secondary N) is 1. The van der Waals surface area contributed by atoms with Crippen LogP contribution in [0.3, 0.4) is 0 Å². The number of nitrogens with zero attached hydrogens (tertiary/aromatic N) is 4. The second-order valence-electron chi connectivity index (χ2n) is 8.13. The van der Waals surface area contributed by atoms with Gasteiger partial charge >= 0.3 is 0 Å². The fourth-order valence-electron chi connectivity index (χ4n) is 3.90. The van der Waals surface area contributed by atoms with Gasteiger partial charge in [0.05, 0.1) is 54.5 Å². The molecule has 3 heterocycles. The Hall–Kier alpha value is -3.25. The van der Waals surface area contributed by atoms with E-state index in [4.69, 9.17) is 9.47 Å². The molecule has 4 aromatic rings. The topological polar surface area (TPSA) is 77.9 Å². The van der Waals surface area contributed by atoms with Crippen molar-refractivity contribution < 1.29 is 9.47 Å². The van der Waals surface area contributed by atoms with E-state index in [9.17, 15) is 0 Å². The van der Waals surface area contributed by atoms with Crippen LogP contribution in [0.25, 0.3) is 22.5 Å². The van der Waals surface area contributed by atoms with Crippen LogP contribution in [0.5, 0.6) is 0 Å². The third-order valence-corrected chi connectivity index (χ3v) is 6.25. The summed E-state index contributed by atoms with van der Waals surface area (Å²) in [5, 5.41) is 18.4. The fraction of sp³-hybridized carbons (Fsp3) is 0.320. The molecule has 0 atom stereocenters. The number of ether oxygens (including phenoxy) is 2. The summed E-state index contributed by atoms with van der Waals surface area (Å²) in [5.74, 6) is 6.27. The van der Waals surface area contributed by atoms with Crippen LogP contribution in [-0.4, -0.2) is 51.1 Å². The van der Waals surface area contributed by atoms with Crippen molar-refractivity contribution in [3.8, 4) is 34.4 Å². The third kappa shape index (κ3) is 4.91. The van der Waals surface area contributed by atoms with Gasteiger partial charge in [0.15, 0.2) is 0 Å². The molecule has 1 aliphatic carbocycles. The smallest absolute Gasteiger partial charge is 0.108 e. The predicted molar refractivity (Wildman–Crippen MR) is 128 cm³/mol. The molecule has 0 saturated heterocycles. The number of aromatic amines is 1. The van der Waals surface area contributed by atoms with E-state index in [0.717, 1.165) is 28.2 Å². The number of fused-ring (bicyclic) bond motifs is 3. The Morgan fingerprint density at radius 1 is 1.18 bits per heavy atom. The molecule has 5 rings (SSSR count). The molecule has 0 fully saturated rings. The van der Waals surface area contributed by atoms with Crippen LogP contribution in [-0.2, 0) is 22.4 Å². The van der Waals surface area contributed by atoms with Crippen LogP contribution in [0.1, 0.15) is 35.4 Å². The van der Waals surface area contributed by atoms with Crippen molar-refractivity contribution in [1.82, 2.24) is 25.2 Å². The van der Waals surface area contributed by atoms with Crippen molar-refractivity contribution in [3.05, 3.63) is 63.6 Å². The summed E-state index contributed by atoms with van der Waals surface area (Å²) in [6.07, 6.45) is 4.49. The largest absolute Gasteiger partial charge is 0.376 e. The lowest BCUT2D eigenvalue weighted by Crippen LogP contribution is -2.09. The van der Waals surface area contributed by atoms with Crippen LogP contribution >= 0.6 is 11.3 Å². The molecule has 1 aliphatic rings. The van der Waals surface area contributed by atoms with Crippen molar-refractivity contribution in [2.45, 2.75) is 32.9 Å². The van der Waals surface area contributed by atoms with Gasteiger partial charge in [0.1, 0.15) is 6.61 Å². The number of benzene rings is 1. The van der Waals surface area contributed by atoms with E-state index in [0.29, 0.717) is 26.4 Å². The minimum atomic E-state index is 0.224. The molecule has 0 spiro atoms. The summed E-state index contributed by atoms with van der Waals surface area (Å²) in [6.45, 7) is 6.23. The maximum atomic E-state index is 5.50. The zero-order chi connectivity index (χ0) is 22.6. The second kappa shape index (κ2) is 9.71. The highest BCUT2D eigenvalue weighted by molar-refractivity contribution is 7.11. The lowest BCUT2D eigenvalue weighted by atomic mass is 10.1. The highest BCUT2D eigenvalue weighted by Crippen LogP contribution is 2.41. The van der Waals surface area contributed by atoms with E-state index in [1.807, 2.05) is 13.8 Å². The molecule has 168 valence electrons. The van der Waals surface area contributed by atoms with E-state index >= 15 is 0 Å². The zero-order valence-electron chi connectivity index (χ0n) is 18.7. The van der Waals surface area contributed by atoms with E-state index in [-0.39, 0.29) is 6.10 Å². The molecule has 1 aromatic carbocycles.